The van der Waals surface area contributed by atoms with Gasteiger partial charge in [0, 0.05) is 25.1 Å². The molecule has 210 valence electrons. The van der Waals surface area contributed by atoms with Crippen molar-refractivity contribution in [2.24, 2.45) is 0 Å². The maximum absolute atomic E-state index is 12.4. The molecule has 0 saturated carbocycles. The van der Waals surface area contributed by atoms with Crippen LogP contribution in [0.4, 0.5) is 0 Å². The number of unbranched alkanes of at least 4 members (excludes halogenated alkanes) is 2. The molecule has 0 spiro atoms. The third kappa shape index (κ3) is 7.65. The van der Waals surface area contributed by atoms with Crippen molar-refractivity contribution in [2.45, 2.75) is 45.6 Å². The normalized spacial score (nSPS) is 11.2. The van der Waals surface area contributed by atoms with Crippen LogP contribution in [-0.4, -0.2) is 42.8 Å². The minimum Gasteiger partial charge on any atom is -0.497 e. The van der Waals surface area contributed by atoms with Gasteiger partial charge in [0.25, 0.3) is 5.91 Å². The number of rotatable bonds is 15. The molecule has 7 nitrogen and oxygen atoms in total. The zero-order valence-corrected chi connectivity index (χ0v) is 23.7. The van der Waals surface area contributed by atoms with E-state index in [9.17, 15) is 4.79 Å². The fraction of sp³-hybridized carbons (Fsp3) is 0.333. The first-order chi connectivity index (χ1) is 19.6. The first-order valence-corrected chi connectivity index (χ1v) is 13.9. The standard InChI is InChI=1S/C33H39N3O4/c1-4-11-25-15-20-30(31(24-25)39-3)40-23-10-22-36-29-13-8-7-12-28(29)35-32(36)14-6-5-9-21-34-33(37)26-16-18-27(38-2)19-17-26/h4,7-8,11-13,15-20,24H,5-6,9-10,14,21-23H2,1-3H3,(H,34,37)/b11-4+. The number of allylic oxidation sites excluding steroid dienone is 1. The van der Waals surface area contributed by atoms with Gasteiger partial charge in [-0.1, -0.05) is 36.8 Å². The number of hydrogen-bond donors (Lipinski definition) is 1. The van der Waals surface area contributed by atoms with E-state index in [1.165, 1.54) is 0 Å². The maximum atomic E-state index is 12.4. The van der Waals surface area contributed by atoms with Crippen LogP contribution in [0.3, 0.4) is 0 Å². The van der Waals surface area contributed by atoms with Gasteiger partial charge in [0.05, 0.1) is 31.9 Å². The van der Waals surface area contributed by atoms with Crippen LogP contribution in [0.25, 0.3) is 17.1 Å². The lowest BCUT2D eigenvalue weighted by atomic mass is 10.1. The topological polar surface area (TPSA) is 74.6 Å². The number of ether oxygens (including phenoxy) is 3. The number of carbonyl (C=O) groups is 1. The average Bonchev–Trinajstić information content (AvgIpc) is 3.34. The predicted octanol–water partition coefficient (Wildman–Crippen LogP) is 6.70. The Morgan fingerprint density at radius 3 is 2.52 bits per heavy atom. The van der Waals surface area contributed by atoms with Gasteiger partial charge >= 0.3 is 0 Å². The number of carbonyl (C=O) groups excluding carboxylic acids is 1. The zero-order valence-electron chi connectivity index (χ0n) is 23.7. The van der Waals surface area contributed by atoms with Crippen molar-refractivity contribution in [1.29, 1.82) is 0 Å². The molecular formula is C33H39N3O4. The summed E-state index contributed by atoms with van der Waals surface area (Å²) in [5, 5.41) is 3.01. The molecule has 1 aromatic heterocycles. The van der Waals surface area contributed by atoms with E-state index in [-0.39, 0.29) is 5.91 Å². The van der Waals surface area contributed by atoms with E-state index in [2.05, 4.69) is 28.1 Å². The minimum atomic E-state index is -0.0574. The van der Waals surface area contributed by atoms with Crippen LogP contribution in [0.2, 0.25) is 0 Å². The molecule has 0 radical (unpaired) electrons. The molecule has 0 aliphatic carbocycles. The Balaban J connectivity index is 1.25. The van der Waals surface area contributed by atoms with E-state index >= 15 is 0 Å². The Hall–Kier alpha value is -4.26. The molecule has 0 aliphatic rings. The smallest absolute Gasteiger partial charge is 0.251 e. The monoisotopic (exact) mass is 541 g/mol. The highest BCUT2D eigenvalue weighted by atomic mass is 16.5. The van der Waals surface area contributed by atoms with E-state index in [0.29, 0.717) is 18.7 Å². The van der Waals surface area contributed by atoms with Gasteiger partial charge in [-0.2, -0.15) is 0 Å². The fourth-order valence-corrected chi connectivity index (χ4v) is 4.70. The second-order valence-electron chi connectivity index (χ2n) is 9.58. The molecule has 0 bridgehead atoms. The summed E-state index contributed by atoms with van der Waals surface area (Å²) >= 11 is 0. The lowest BCUT2D eigenvalue weighted by Crippen LogP contribution is -2.24. The van der Waals surface area contributed by atoms with Gasteiger partial charge in [0.2, 0.25) is 0 Å². The van der Waals surface area contributed by atoms with E-state index in [4.69, 9.17) is 19.2 Å². The molecule has 0 unspecified atom stereocenters. The van der Waals surface area contributed by atoms with Gasteiger partial charge in [-0.3, -0.25) is 4.79 Å². The van der Waals surface area contributed by atoms with Crippen molar-refractivity contribution in [1.82, 2.24) is 14.9 Å². The molecule has 0 aliphatic heterocycles. The Labute approximate surface area is 236 Å². The van der Waals surface area contributed by atoms with E-state index < -0.39 is 0 Å². The van der Waals surface area contributed by atoms with Crippen molar-refractivity contribution in [3.63, 3.8) is 0 Å². The van der Waals surface area contributed by atoms with Crippen LogP contribution in [0.1, 0.15) is 54.4 Å². The van der Waals surface area contributed by atoms with Crippen molar-refractivity contribution in [3.05, 3.63) is 89.8 Å². The average molecular weight is 542 g/mol. The number of aryl methyl sites for hydroxylation is 2. The Bertz CT molecular complexity index is 1410. The lowest BCUT2D eigenvalue weighted by Gasteiger charge is -2.13. The first-order valence-electron chi connectivity index (χ1n) is 13.9. The van der Waals surface area contributed by atoms with Gasteiger partial charge < -0.3 is 24.1 Å². The second kappa shape index (κ2) is 14.8. The first kappa shape index (κ1) is 28.7. The molecule has 0 saturated heterocycles. The lowest BCUT2D eigenvalue weighted by molar-refractivity contribution is 0.0953. The highest BCUT2D eigenvalue weighted by molar-refractivity contribution is 5.94. The highest BCUT2D eigenvalue weighted by Gasteiger charge is 2.11. The van der Waals surface area contributed by atoms with Crippen molar-refractivity contribution in [3.8, 4) is 17.2 Å². The summed E-state index contributed by atoms with van der Waals surface area (Å²) in [5.41, 5.74) is 3.90. The number of benzene rings is 3. The third-order valence-electron chi connectivity index (χ3n) is 6.78. The quantitative estimate of drug-likeness (QED) is 0.170. The summed E-state index contributed by atoms with van der Waals surface area (Å²) in [7, 11) is 3.28. The predicted molar refractivity (Wildman–Crippen MR) is 160 cm³/mol. The summed E-state index contributed by atoms with van der Waals surface area (Å²) in [6.07, 6.45) is 8.73. The molecule has 1 amide bonds. The number of aromatic nitrogens is 2. The molecule has 0 fully saturated rings. The van der Waals surface area contributed by atoms with Crippen LogP contribution in [-0.2, 0) is 13.0 Å². The number of amides is 1. The molecular weight excluding hydrogens is 502 g/mol. The van der Waals surface area contributed by atoms with Crippen LogP contribution in [0, 0.1) is 0 Å². The van der Waals surface area contributed by atoms with Gasteiger partial charge in [-0.25, -0.2) is 4.98 Å². The Kier molecular flexibility index (Phi) is 10.6. The summed E-state index contributed by atoms with van der Waals surface area (Å²) < 4.78 is 19.1. The fourth-order valence-electron chi connectivity index (χ4n) is 4.70. The van der Waals surface area contributed by atoms with Crippen molar-refractivity contribution >= 4 is 23.0 Å². The Morgan fingerprint density at radius 2 is 1.75 bits per heavy atom. The number of methoxy groups -OCH3 is 2. The number of hydrogen-bond acceptors (Lipinski definition) is 5. The molecule has 1 N–H and O–H groups in total. The van der Waals surface area contributed by atoms with Crippen LogP contribution >= 0.6 is 0 Å². The molecule has 3 aromatic carbocycles. The van der Waals surface area contributed by atoms with Gasteiger partial charge in [-0.15, -0.1) is 0 Å². The maximum Gasteiger partial charge on any atom is 0.251 e. The second-order valence-corrected chi connectivity index (χ2v) is 9.58. The Morgan fingerprint density at radius 1 is 0.925 bits per heavy atom. The van der Waals surface area contributed by atoms with Crippen LogP contribution in [0.15, 0.2) is 72.8 Å². The number of nitrogens with zero attached hydrogens (tertiary/aromatic N) is 2. The summed E-state index contributed by atoms with van der Waals surface area (Å²) in [6.45, 7) is 4.05. The van der Waals surface area contributed by atoms with Crippen LogP contribution < -0.4 is 19.5 Å². The van der Waals surface area contributed by atoms with Gasteiger partial charge in [-0.05, 0) is 80.3 Å². The zero-order chi connectivity index (χ0) is 28.2. The molecule has 4 rings (SSSR count). The highest BCUT2D eigenvalue weighted by Crippen LogP contribution is 2.29. The molecule has 1 heterocycles. The number of imidazole rings is 1. The summed E-state index contributed by atoms with van der Waals surface area (Å²) in [4.78, 5) is 17.3. The SMILES string of the molecule is C/C=C/c1ccc(OCCCn2c(CCCCCNC(=O)c3ccc(OC)cc3)nc3ccccc32)c(OC)c1. The third-order valence-corrected chi connectivity index (χ3v) is 6.78. The molecule has 4 aromatic rings. The molecule has 40 heavy (non-hydrogen) atoms. The largest absolute Gasteiger partial charge is 0.497 e. The summed E-state index contributed by atoms with van der Waals surface area (Å²) in [6, 6.07) is 21.4. The van der Waals surface area contributed by atoms with E-state index in [1.54, 1.807) is 38.5 Å². The molecule has 7 heteroatoms. The molecule has 0 atom stereocenters. The van der Waals surface area contributed by atoms with E-state index in [1.807, 2.05) is 43.3 Å². The summed E-state index contributed by atoms with van der Waals surface area (Å²) in [5.74, 6) is 3.27. The number of para-hydroxylation sites is 2. The van der Waals surface area contributed by atoms with E-state index in [0.717, 1.165) is 78.3 Å². The minimum absolute atomic E-state index is 0.0574. The number of fused-ring (bicyclic) bond motifs is 1. The van der Waals surface area contributed by atoms with Gasteiger partial charge in [0.15, 0.2) is 11.5 Å². The number of nitrogens with one attached hydrogen (secondary N) is 1. The van der Waals surface area contributed by atoms with Crippen molar-refractivity contribution < 1.29 is 19.0 Å². The van der Waals surface area contributed by atoms with Crippen LogP contribution in [0.5, 0.6) is 17.2 Å². The van der Waals surface area contributed by atoms with Gasteiger partial charge in [0.1, 0.15) is 11.6 Å². The van der Waals surface area contributed by atoms with Crippen molar-refractivity contribution in [2.75, 3.05) is 27.4 Å².